The second-order valence-electron chi connectivity index (χ2n) is 10.2. The third-order valence-electron chi connectivity index (χ3n) is 6.89. The number of aromatic nitrogens is 4. The summed E-state index contributed by atoms with van der Waals surface area (Å²) in [6, 6.07) is 5.76. The van der Waals surface area contributed by atoms with Gasteiger partial charge in [0.1, 0.15) is 6.10 Å². The molecule has 10 nitrogen and oxygen atoms in total. The predicted molar refractivity (Wildman–Crippen MR) is 142 cm³/mol. The number of pyridine rings is 1. The van der Waals surface area contributed by atoms with E-state index >= 15 is 0 Å². The first-order valence-electron chi connectivity index (χ1n) is 12.9. The number of fused-ring (bicyclic) bond motifs is 2. The number of amides is 1. The Morgan fingerprint density at radius 2 is 2.03 bits per heavy atom. The second kappa shape index (κ2) is 9.80. The van der Waals surface area contributed by atoms with Crippen molar-refractivity contribution < 1.29 is 18.7 Å². The molecule has 2 N–H and O–H groups in total. The van der Waals surface area contributed by atoms with Crippen LogP contribution in [0.25, 0.3) is 16.6 Å². The Kier molecular flexibility index (Phi) is 6.32. The fraction of sp³-hybridized carbons (Fsp3) is 0.407. The fourth-order valence-corrected chi connectivity index (χ4v) is 5.33. The Morgan fingerprint density at radius 1 is 1.21 bits per heavy atom. The molecule has 6 rings (SSSR count). The van der Waals surface area contributed by atoms with Crippen molar-refractivity contribution in [2.45, 2.75) is 45.4 Å². The molecule has 0 radical (unpaired) electrons. The maximum Gasteiger partial charge on any atom is 0.317 e. The number of piperazine rings is 1. The van der Waals surface area contributed by atoms with Gasteiger partial charge >= 0.3 is 6.01 Å². The summed E-state index contributed by atoms with van der Waals surface area (Å²) in [5, 5.41) is 7.12. The van der Waals surface area contributed by atoms with Crippen molar-refractivity contribution in [1.29, 1.82) is 0 Å². The Balaban J connectivity index is 1.38. The molecule has 4 aromatic rings. The molecule has 2 saturated heterocycles. The topological polar surface area (TPSA) is 106 Å². The predicted octanol–water partition coefficient (Wildman–Crippen LogP) is 3.33. The minimum Gasteiger partial charge on any atom is -0.458 e. The van der Waals surface area contributed by atoms with Gasteiger partial charge in [0, 0.05) is 67.3 Å². The first kappa shape index (κ1) is 24.5. The number of imidazole rings is 1. The summed E-state index contributed by atoms with van der Waals surface area (Å²) in [6.07, 6.45) is 5.69. The van der Waals surface area contributed by atoms with Crippen LogP contribution in [-0.2, 0) is 4.74 Å². The average Bonchev–Trinajstić information content (AvgIpc) is 3.51. The van der Waals surface area contributed by atoms with Crippen LogP contribution in [0.3, 0.4) is 0 Å². The summed E-state index contributed by atoms with van der Waals surface area (Å²) in [5.41, 5.74) is 2.98. The van der Waals surface area contributed by atoms with Gasteiger partial charge in [-0.05, 0) is 32.9 Å². The molecule has 38 heavy (non-hydrogen) atoms. The van der Waals surface area contributed by atoms with E-state index in [1.165, 1.54) is 6.07 Å². The number of nitrogens with one attached hydrogen (secondary N) is 2. The fourth-order valence-electron chi connectivity index (χ4n) is 5.33. The van der Waals surface area contributed by atoms with Crippen LogP contribution in [0, 0.1) is 12.7 Å². The van der Waals surface area contributed by atoms with Crippen LogP contribution >= 0.6 is 0 Å². The Hall–Kier alpha value is -3.83. The Morgan fingerprint density at radius 3 is 2.79 bits per heavy atom. The number of benzene rings is 1. The minimum atomic E-state index is -0.519. The summed E-state index contributed by atoms with van der Waals surface area (Å²) in [5.74, 6) is -0.928. The van der Waals surface area contributed by atoms with Gasteiger partial charge in [0.2, 0.25) is 0 Å². The number of hydrogen-bond donors (Lipinski definition) is 2. The molecule has 1 aromatic carbocycles. The van der Waals surface area contributed by atoms with Crippen molar-refractivity contribution in [3.63, 3.8) is 0 Å². The first-order valence-corrected chi connectivity index (χ1v) is 12.9. The van der Waals surface area contributed by atoms with Gasteiger partial charge in [0.05, 0.1) is 35.7 Å². The van der Waals surface area contributed by atoms with Gasteiger partial charge in [0.15, 0.2) is 11.5 Å². The third-order valence-corrected chi connectivity index (χ3v) is 6.89. The standard InChI is InChI=1S/C27H30FN7O3/c1-15-10-34(11-16(2)30-15)23-5-4-20(24-21(23)9-29-27(33-24)38-19-6-7-37-14-19)26(36)32-18-8-22(28)25-31-17(3)12-35(25)13-18/h4-5,8-9,12-13,15-16,19,30H,6-7,10-11,14H2,1-3H3,(H,32,36)/t15-,16-,19+/m0/s1. The molecular formula is C27H30FN7O3. The zero-order valence-corrected chi connectivity index (χ0v) is 21.6. The molecule has 0 unspecified atom stereocenters. The number of ether oxygens (including phenoxy) is 2. The summed E-state index contributed by atoms with van der Waals surface area (Å²) in [4.78, 5) is 29.1. The maximum atomic E-state index is 14.6. The van der Waals surface area contributed by atoms with Crippen LogP contribution in [0.4, 0.5) is 15.8 Å². The highest BCUT2D eigenvalue weighted by molar-refractivity contribution is 6.13. The minimum absolute atomic E-state index is 0.129. The normalized spacial score (nSPS) is 21.8. The summed E-state index contributed by atoms with van der Waals surface area (Å²) < 4.78 is 27.6. The van der Waals surface area contributed by atoms with Crippen LogP contribution < -0.4 is 20.3 Å². The largest absolute Gasteiger partial charge is 0.458 e. The number of hydrogen-bond acceptors (Lipinski definition) is 8. The van der Waals surface area contributed by atoms with E-state index in [1.807, 2.05) is 6.07 Å². The van der Waals surface area contributed by atoms with E-state index in [9.17, 15) is 9.18 Å². The molecule has 0 aliphatic carbocycles. The van der Waals surface area contributed by atoms with E-state index in [0.29, 0.717) is 47.8 Å². The van der Waals surface area contributed by atoms with Crippen LogP contribution in [0.15, 0.2) is 36.8 Å². The lowest BCUT2D eigenvalue weighted by Crippen LogP contribution is -2.54. The molecule has 1 amide bonds. The number of carbonyl (C=O) groups is 1. The van der Waals surface area contributed by atoms with Gasteiger partial charge < -0.3 is 29.4 Å². The maximum absolute atomic E-state index is 14.6. The summed E-state index contributed by atoms with van der Waals surface area (Å²) >= 11 is 0. The van der Waals surface area contributed by atoms with E-state index in [1.54, 1.807) is 36.0 Å². The van der Waals surface area contributed by atoms with Crippen molar-refractivity contribution >= 4 is 33.8 Å². The Labute approximate surface area is 219 Å². The highest BCUT2D eigenvalue weighted by Crippen LogP contribution is 2.31. The van der Waals surface area contributed by atoms with Gasteiger partial charge in [-0.3, -0.25) is 4.79 Å². The van der Waals surface area contributed by atoms with Gasteiger partial charge in [-0.25, -0.2) is 14.4 Å². The number of aryl methyl sites for hydroxylation is 1. The van der Waals surface area contributed by atoms with Crippen molar-refractivity contribution in [1.82, 2.24) is 24.7 Å². The molecule has 0 saturated carbocycles. The van der Waals surface area contributed by atoms with Gasteiger partial charge in [-0.15, -0.1) is 0 Å². The molecule has 2 aliphatic rings. The van der Waals surface area contributed by atoms with Crippen LogP contribution in [0.2, 0.25) is 0 Å². The van der Waals surface area contributed by atoms with Crippen molar-refractivity contribution in [2.75, 3.05) is 36.5 Å². The molecule has 2 fully saturated rings. The number of nitrogens with zero attached hydrogens (tertiary/aromatic N) is 5. The number of halogens is 1. The van der Waals surface area contributed by atoms with Gasteiger partial charge in [-0.2, -0.15) is 4.98 Å². The van der Waals surface area contributed by atoms with Gasteiger partial charge in [0.25, 0.3) is 5.91 Å². The highest BCUT2D eigenvalue weighted by atomic mass is 19.1. The molecule has 3 atom stereocenters. The molecule has 11 heteroatoms. The van der Waals surface area contributed by atoms with Crippen LogP contribution in [0.1, 0.15) is 36.3 Å². The summed E-state index contributed by atoms with van der Waals surface area (Å²) in [6.45, 7) is 8.82. The van der Waals surface area contributed by atoms with Crippen LogP contribution in [0.5, 0.6) is 6.01 Å². The average molecular weight is 520 g/mol. The zero-order chi connectivity index (χ0) is 26.4. The van der Waals surface area contributed by atoms with E-state index in [2.05, 4.69) is 44.3 Å². The third kappa shape index (κ3) is 4.74. The molecule has 0 spiro atoms. The SMILES string of the molecule is Cc1cn2cc(NC(=O)c3ccc(N4C[C@H](C)N[C@@H](C)C4)c4cnc(O[C@@H]5CCOC5)nc34)cc(F)c2n1. The van der Waals surface area contributed by atoms with E-state index < -0.39 is 11.7 Å². The Bertz CT molecular complexity index is 1510. The monoisotopic (exact) mass is 519 g/mol. The smallest absolute Gasteiger partial charge is 0.317 e. The molecule has 5 heterocycles. The first-order chi connectivity index (χ1) is 18.3. The van der Waals surface area contributed by atoms with E-state index in [-0.39, 0.29) is 17.8 Å². The van der Waals surface area contributed by atoms with E-state index in [0.717, 1.165) is 30.6 Å². The van der Waals surface area contributed by atoms with Crippen LogP contribution in [-0.4, -0.2) is 69.8 Å². The van der Waals surface area contributed by atoms with Crippen molar-refractivity contribution in [3.8, 4) is 6.01 Å². The molecule has 3 aromatic heterocycles. The highest BCUT2D eigenvalue weighted by Gasteiger charge is 2.26. The number of carbonyl (C=O) groups excluding carboxylic acids is 1. The molecule has 0 bridgehead atoms. The molecular weight excluding hydrogens is 489 g/mol. The lowest BCUT2D eigenvalue weighted by molar-refractivity contribution is 0.102. The number of anilines is 2. The second-order valence-corrected chi connectivity index (χ2v) is 10.2. The van der Waals surface area contributed by atoms with Crippen molar-refractivity contribution in [3.05, 3.63) is 53.9 Å². The lowest BCUT2D eigenvalue weighted by Gasteiger charge is -2.38. The molecule has 198 valence electrons. The number of rotatable bonds is 5. The zero-order valence-electron chi connectivity index (χ0n) is 21.6. The van der Waals surface area contributed by atoms with Gasteiger partial charge in [-0.1, -0.05) is 0 Å². The molecule has 2 aliphatic heterocycles. The summed E-state index contributed by atoms with van der Waals surface area (Å²) in [7, 11) is 0. The quantitative estimate of drug-likeness (QED) is 0.414. The lowest BCUT2D eigenvalue weighted by atomic mass is 10.0. The van der Waals surface area contributed by atoms with Crippen molar-refractivity contribution in [2.24, 2.45) is 0 Å². The van der Waals surface area contributed by atoms with E-state index in [4.69, 9.17) is 9.47 Å².